The van der Waals surface area contributed by atoms with Crippen molar-refractivity contribution in [1.82, 2.24) is 14.1 Å². The Kier molecular flexibility index (Phi) is 5.84. The number of hydrogen-bond acceptors (Lipinski definition) is 5. The van der Waals surface area contributed by atoms with Gasteiger partial charge < -0.3 is 19.1 Å². The van der Waals surface area contributed by atoms with Gasteiger partial charge >= 0.3 is 0 Å². The average Bonchev–Trinajstić information content (AvgIpc) is 3.44. The topological polar surface area (TPSA) is 76.9 Å². The highest BCUT2D eigenvalue weighted by Gasteiger charge is 2.30. The number of oxime groups is 1. The van der Waals surface area contributed by atoms with Gasteiger partial charge in [0.25, 0.3) is 0 Å². The molecule has 0 spiro atoms. The zero-order valence-corrected chi connectivity index (χ0v) is 19.0. The smallest absolute Gasteiger partial charge is 0.201 e. The van der Waals surface area contributed by atoms with Crippen LogP contribution in [-0.2, 0) is 18.4 Å². The van der Waals surface area contributed by atoms with E-state index in [1.165, 1.54) is 0 Å². The lowest BCUT2D eigenvalue weighted by atomic mass is 10.0. The lowest BCUT2D eigenvalue weighted by molar-refractivity contribution is 0.136. The highest BCUT2D eigenvalue weighted by atomic mass is 79.9. The third kappa shape index (κ3) is 3.62. The van der Waals surface area contributed by atoms with Crippen molar-refractivity contribution in [3.05, 3.63) is 76.8 Å². The molecular weight excluding hydrogens is 482 g/mol. The summed E-state index contributed by atoms with van der Waals surface area (Å²) in [5, 5.41) is 16.3. The minimum absolute atomic E-state index is 0. The molecule has 5 rings (SSSR count). The van der Waals surface area contributed by atoms with Crippen molar-refractivity contribution >= 4 is 56.4 Å². The van der Waals surface area contributed by atoms with Gasteiger partial charge in [-0.05, 0) is 28.1 Å². The Morgan fingerprint density at radius 1 is 1.16 bits per heavy atom. The van der Waals surface area contributed by atoms with E-state index in [1.807, 2.05) is 60.3 Å². The van der Waals surface area contributed by atoms with Crippen LogP contribution in [0.15, 0.2) is 75.8 Å². The molecule has 0 fully saturated rings. The zero-order chi connectivity index (χ0) is 20.7. The summed E-state index contributed by atoms with van der Waals surface area (Å²) in [6.45, 7) is 1.03. The molecule has 0 unspecified atom stereocenters. The van der Waals surface area contributed by atoms with E-state index in [1.54, 1.807) is 17.1 Å². The van der Waals surface area contributed by atoms with Crippen LogP contribution in [0.2, 0.25) is 0 Å². The third-order valence-electron chi connectivity index (χ3n) is 5.14. The summed E-state index contributed by atoms with van der Waals surface area (Å²) in [7, 11) is 1.83. The lowest BCUT2D eigenvalue weighted by Gasteiger charge is -2.06. The second kappa shape index (κ2) is 8.56. The standard InChI is InChI=1S/C22H18BrN5O2.ClH/c1-27-21-15(6-4-7-16(21)23)18(22(27)29)20-19(14-5-2-3-8-17(14)25-20)26-30-12-11-28-10-9-24-13-28;/h2-10,13,29H,11-12H2,1H3;1H/b26-19+;. The molecule has 9 heteroatoms. The number of nitrogens with zero attached hydrogens (tertiary/aromatic N) is 5. The first-order valence-corrected chi connectivity index (χ1v) is 10.2. The number of aromatic nitrogens is 3. The number of fused-ring (bicyclic) bond motifs is 2. The summed E-state index contributed by atoms with van der Waals surface area (Å²) in [6.07, 6.45) is 5.34. The van der Waals surface area contributed by atoms with Crippen LogP contribution in [0, 0.1) is 0 Å². The summed E-state index contributed by atoms with van der Waals surface area (Å²) >= 11 is 3.58. The third-order valence-corrected chi connectivity index (χ3v) is 5.78. The summed E-state index contributed by atoms with van der Waals surface area (Å²) in [5.74, 6) is 0.134. The summed E-state index contributed by atoms with van der Waals surface area (Å²) in [4.78, 5) is 14.5. The van der Waals surface area contributed by atoms with Crippen LogP contribution < -0.4 is 0 Å². The first-order chi connectivity index (χ1) is 14.6. The van der Waals surface area contributed by atoms with E-state index in [4.69, 9.17) is 9.83 Å². The Morgan fingerprint density at radius 3 is 2.81 bits per heavy atom. The number of benzene rings is 2. The van der Waals surface area contributed by atoms with Gasteiger partial charge in [-0.15, -0.1) is 12.4 Å². The SMILES string of the molecule is Cl.Cn1c(O)c(C2=Nc3ccccc3/C2=N\OCCn2ccnc2)c2cccc(Br)c21. The maximum Gasteiger partial charge on any atom is 0.201 e. The molecule has 0 saturated carbocycles. The summed E-state index contributed by atoms with van der Waals surface area (Å²) in [6, 6.07) is 13.6. The van der Waals surface area contributed by atoms with Gasteiger partial charge in [0.1, 0.15) is 18.0 Å². The van der Waals surface area contributed by atoms with Gasteiger partial charge in [-0.3, -0.25) is 0 Å². The van der Waals surface area contributed by atoms with E-state index in [0.717, 1.165) is 26.6 Å². The van der Waals surface area contributed by atoms with Gasteiger partial charge in [0, 0.05) is 34.9 Å². The molecule has 2 aromatic carbocycles. The number of hydrogen-bond donors (Lipinski definition) is 1. The van der Waals surface area contributed by atoms with E-state index in [0.29, 0.717) is 30.1 Å². The molecule has 0 radical (unpaired) electrons. The molecule has 0 amide bonds. The highest BCUT2D eigenvalue weighted by Crippen LogP contribution is 2.39. The fourth-order valence-corrected chi connectivity index (χ4v) is 4.33. The van der Waals surface area contributed by atoms with E-state index in [-0.39, 0.29) is 18.3 Å². The molecule has 1 N–H and O–H groups in total. The predicted octanol–water partition coefficient (Wildman–Crippen LogP) is 4.82. The van der Waals surface area contributed by atoms with Gasteiger partial charge in [0.15, 0.2) is 0 Å². The highest BCUT2D eigenvalue weighted by molar-refractivity contribution is 9.10. The minimum atomic E-state index is 0. The maximum absolute atomic E-state index is 11.0. The van der Waals surface area contributed by atoms with Gasteiger partial charge in [-0.1, -0.05) is 35.5 Å². The van der Waals surface area contributed by atoms with Gasteiger partial charge in [-0.2, -0.15) is 0 Å². The number of aryl methyl sites for hydroxylation is 1. The molecule has 0 atom stereocenters. The zero-order valence-electron chi connectivity index (χ0n) is 16.6. The molecule has 31 heavy (non-hydrogen) atoms. The van der Waals surface area contributed by atoms with Crippen molar-refractivity contribution < 1.29 is 9.94 Å². The minimum Gasteiger partial charge on any atom is -0.494 e. The molecule has 0 bridgehead atoms. The molecule has 1 aliphatic heterocycles. The van der Waals surface area contributed by atoms with Crippen molar-refractivity contribution in [3.63, 3.8) is 0 Å². The first kappa shape index (κ1) is 21.1. The fraction of sp³-hybridized carbons (Fsp3) is 0.136. The molecule has 1 aliphatic rings. The van der Waals surface area contributed by atoms with Crippen molar-refractivity contribution in [2.75, 3.05) is 6.61 Å². The second-order valence-electron chi connectivity index (χ2n) is 6.94. The van der Waals surface area contributed by atoms with Gasteiger partial charge in [0.05, 0.1) is 29.6 Å². The number of aliphatic imine (C=N–C) groups is 1. The maximum atomic E-state index is 11.0. The fourth-order valence-electron chi connectivity index (χ4n) is 3.70. The molecule has 2 aromatic heterocycles. The van der Waals surface area contributed by atoms with Crippen molar-refractivity contribution in [2.24, 2.45) is 17.2 Å². The predicted molar refractivity (Wildman–Crippen MR) is 127 cm³/mol. The molecule has 158 valence electrons. The Hall–Kier alpha value is -3.10. The van der Waals surface area contributed by atoms with E-state index < -0.39 is 0 Å². The quantitative estimate of drug-likeness (QED) is 0.315. The molecule has 3 heterocycles. The van der Waals surface area contributed by atoms with Gasteiger partial charge in [-0.25, -0.2) is 9.98 Å². The lowest BCUT2D eigenvalue weighted by Crippen LogP contribution is -2.14. The van der Waals surface area contributed by atoms with Crippen LogP contribution in [0.25, 0.3) is 10.9 Å². The molecule has 4 aromatic rings. The van der Waals surface area contributed by atoms with Crippen LogP contribution in [0.1, 0.15) is 11.1 Å². The van der Waals surface area contributed by atoms with Crippen LogP contribution in [0.4, 0.5) is 5.69 Å². The van der Waals surface area contributed by atoms with Crippen molar-refractivity contribution in [3.8, 4) is 5.88 Å². The van der Waals surface area contributed by atoms with E-state index in [2.05, 4.69) is 26.1 Å². The number of aromatic hydroxyl groups is 1. The monoisotopic (exact) mass is 499 g/mol. The summed E-state index contributed by atoms with van der Waals surface area (Å²) < 4.78 is 4.57. The van der Waals surface area contributed by atoms with Crippen LogP contribution in [-0.4, -0.2) is 37.3 Å². The molecule has 7 nitrogen and oxygen atoms in total. The normalized spacial score (nSPS) is 13.9. The van der Waals surface area contributed by atoms with Gasteiger partial charge in [0.2, 0.25) is 5.88 Å². The number of halogens is 2. The van der Waals surface area contributed by atoms with E-state index >= 15 is 0 Å². The van der Waals surface area contributed by atoms with Crippen molar-refractivity contribution in [2.45, 2.75) is 6.54 Å². The molecule has 0 saturated heterocycles. The number of rotatable bonds is 5. The Labute approximate surface area is 193 Å². The van der Waals surface area contributed by atoms with E-state index in [9.17, 15) is 5.11 Å². The van der Waals surface area contributed by atoms with Crippen LogP contribution in [0.5, 0.6) is 5.88 Å². The molecule has 0 aliphatic carbocycles. The van der Waals surface area contributed by atoms with Crippen molar-refractivity contribution in [1.29, 1.82) is 0 Å². The second-order valence-corrected chi connectivity index (χ2v) is 7.80. The summed E-state index contributed by atoms with van der Waals surface area (Å²) in [5.41, 5.74) is 4.42. The Morgan fingerprint density at radius 2 is 2.00 bits per heavy atom. The Bertz CT molecular complexity index is 1310. The molecular formula is C22H19BrClN5O2. The Balaban J connectivity index is 0.00000231. The average molecular weight is 501 g/mol. The first-order valence-electron chi connectivity index (χ1n) is 9.45. The van der Waals surface area contributed by atoms with Crippen LogP contribution in [0.3, 0.4) is 0 Å². The number of para-hydroxylation sites is 2. The number of imidazole rings is 1. The largest absolute Gasteiger partial charge is 0.494 e. The van der Waals surface area contributed by atoms with Crippen LogP contribution >= 0.6 is 28.3 Å².